The number of ether oxygens (including phenoxy) is 2. The predicted octanol–water partition coefficient (Wildman–Crippen LogP) is 0.352. The fraction of sp³-hybridized carbons (Fsp3) is 0.615. The second-order valence-corrected chi connectivity index (χ2v) is 4.85. The Bertz CT molecular complexity index is 454. The van der Waals surface area contributed by atoms with Gasteiger partial charge in [-0.05, 0) is 13.0 Å². The molecule has 1 aromatic rings. The lowest BCUT2D eigenvalue weighted by Crippen LogP contribution is -2.38. The Labute approximate surface area is 111 Å². The average Bonchev–Trinajstić information content (AvgIpc) is 3.03. The Morgan fingerprint density at radius 1 is 1.53 bits per heavy atom. The van der Waals surface area contributed by atoms with Gasteiger partial charge >= 0.3 is 0 Å². The van der Waals surface area contributed by atoms with Crippen LogP contribution in [0.3, 0.4) is 0 Å². The standard InChI is InChI=1S/C13H17N3O3/c1-2-19-12-6-16(11-8-18-7-10(11)12)13(17)9-3-4-14-15-5-9/h3-5,10-12H,2,6-8H2,1H3/t10-,11+,12+/m1/s1. The van der Waals surface area contributed by atoms with Crippen LogP contribution in [0.4, 0.5) is 0 Å². The van der Waals surface area contributed by atoms with Crippen LogP contribution < -0.4 is 0 Å². The minimum Gasteiger partial charge on any atom is -0.379 e. The van der Waals surface area contributed by atoms with E-state index in [1.165, 1.54) is 12.4 Å². The number of amides is 1. The fourth-order valence-electron chi connectivity index (χ4n) is 2.91. The van der Waals surface area contributed by atoms with Gasteiger partial charge in [0.25, 0.3) is 5.91 Å². The Morgan fingerprint density at radius 3 is 3.16 bits per heavy atom. The lowest BCUT2D eigenvalue weighted by atomic mass is 10.0. The highest BCUT2D eigenvalue weighted by atomic mass is 16.5. The summed E-state index contributed by atoms with van der Waals surface area (Å²) in [6.07, 6.45) is 3.11. The Balaban J connectivity index is 1.79. The molecule has 0 radical (unpaired) electrons. The number of hydrogen-bond acceptors (Lipinski definition) is 5. The number of carbonyl (C=O) groups excluding carboxylic acids is 1. The summed E-state index contributed by atoms with van der Waals surface area (Å²) in [4.78, 5) is 14.3. The van der Waals surface area contributed by atoms with E-state index in [0.717, 1.165) is 0 Å². The molecule has 0 aliphatic carbocycles. The minimum atomic E-state index is -0.0161. The van der Waals surface area contributed by atoms with E-state index in [2.05, 4.69) is 10.2 Å². The normalized spacial score (nSPS) is 29.5. The van der Waals surface area contributed by atoms with Crippen molar-refractivity contribution < 1.29 is 14.3 Å². The Kier molecular flexibility index (Phi) is 3.44. The molecule has 1 amide bonds. The molecule has 6 heteroatoms. The lowest BCUT2D eigenvalue weighted by Gasteiger charge is -2.22. The number of fused-ring (bicyclic) bond motifs is 1. The van der Waals surface area contributed by atoms with Gasteiger partial charge in [0.2, 0.25) is 0 Å². The molecule has 0 bridgehead atoms. The quantitative estimate of drug-likeness (QED) is 0.787. The van der Waals surface area contributed by atoms with Crippen molar-refractivity contribution in [3.8, 4) is 0 Å². The largest absolute Gasteiger partial charge is 0.379 e. The first-order valence-corrected chi connectivity index (χ1v) is 6.58. The molecule has 0 spiro atoms. The lowest BCUT2D eigenvalue weighted by molar-refractivity contribution is 0.0257. The van der Waals surface area contributed by atoms with Crippen molar-refractivity contribution in [1.82, 2.24) is 15.1 Å². The van der Waals surface area contributed by atoms with Crippen LogP contribution in [0, 0.1) is 5.92 Å². The van der Waals surface area contributed by atoms with Gasteiger partial charge in [0.05, 0.1) is 43.3 Å². The molecule has 3 atom stereocenters. The monoisotopic (exact) mass is 263 g/mol. The third-order valence-electron chi connectivity index (χ3n) is 3.82. The number of carbonyl (C=O) groups is 1. The van der Waals surface area contributed by atoms with Gasteiger partial charge in [-0.2, -0.15) is 10.2 Å². The van der Waals surface area contributed by atoms with Gasteiger partial charge < -0.3 is 14.4 Å². The van der Waals surface area contributed by atoms with E-state index >= 15 is 0 Å². The Morgan fingerprint density at radius 2 is 2.42 bits per heavy atom. The second kappa shape index (κ2) is 5.22. The highest BCUT2D eigenvalue weighted by molar-refractivity contribution is 5.94. The molecule has 0 N–H and O–H groups in total. The highest BCUT2D eigenvalue weighted by Gasteiger charge is 2.47. The molecule has 19 heavy (non-hydrogen) atoms. The summed E-state index contributed by atoms with van der Waals surface area (Å²) in [6.45, 7) is 4.54. The molecule has 0 saturated carbocycles. The van der Waals surface area contributed by atoms with E-state index in [-0.39, 0.29) is 18.1 Å². The van der Waals surface area contributed by atoms with Crippen LogP contribution in [0.25, 0.3) is 0 Å². The second-order valence-electron chi connectivity index (χ2n) is 4.85. The number of rotatable bonds is 3. The molecule has 2 aliphatic heterocycles. The molecule has 2 fully saturated rings. The van der Waals surface area contributed by atoms with Crippen molar-refractivity contribution in [1.29, 1.82) is 0 Å². The van der Waals surface area contributed by atoms with Crippen LogP contribution in [-0.4, -0.2) is 59.5 Å². The van der Waals surface area contributed by atoms with E-state index in [4.69, 9.17) is 9.47 Å². The van der Waals surface area contributed by atoms with Gasteiger partial charge in [-0.3, -0.25) is 4.79 Å². The van der Waals surface area contributed by atoms with E-state index < -0.39 is 0 Å². The third kappa shape index (κ3) is 2.21. The molecule has 3 heterocycles. The maximum atomic E-state index is 12.5. The minimum absolute atomic E-state index is 0.0161. The van der Waals surface area contributed by atoms with Crippen molar-refractivity contribution in [3.63, 3.8) is 0 Å². The maximum Gasteiger partial charge on any atom is 0.255 e. The SMILES string of the molecule is CCO[C@H]1CN(C(=O)c2ccnnc2)[C@H]2COC[C@@H]12. The zero-order valence-corrected chi connectivity index (χ0v) is 10.9. The number of likely N-dealkylation sites (tertiary alicyclic amines) is 1. The molecule has 2 aliphatic rings. The first-order valence-electron chi connectivity index (χ1n) is 6.58. The van der Waals surface area contributed by atoms with Gasteiger partial charge in [0.1, 0.15) is 0 Å². The van der Waals surface area contributed by atoms with Crippen LogP contribution in [0.2, 0.25) is 0 Å². The molecule has 0 unspecified atom stereocenters. The van der Waals surface area contributed by atoms with Crippen molar-refractivity contribution >= 4 is 5.91 Å². The van der Waals surface area contributed by atoms with Gasteiger partial charge in [0.15, 0.2) is 0 Å². The molecule has 2 saturated heterocycles. The first kappa shape index (κ1) is 12.5. The highest BCUT2D eigenvalue weighted by Crippen LogP contribution is 2.32. The average molecular weight is 263 g/mol. The molecule has 6 nitrogen and oxygen atoms in total. The number of aromatic nitrogens is 2. The van der Waals surface area contributed by atoms with Gasteiger partial charge in [-0.15, -0.1) is 0 Å². The van der Waals surface area contributed by atoms with Crippen molar-refractivity contribution in [3.05, 3.63) is 24.0 Å². The third-order valence-corrected chi connectivity index (χ3v) is 3.82. The van der Waals surface area contributed by atoms with Crippen LogP contribution in [-0.2, 0) is 9.47 Å². The van der Waals surface area contributed by atoms with Crippen molar-refractivity contribution in [2.75, 3.05) is 26.4 Å². The summed E-state index contributed by atoms with van der Waals surface area (Å²) in [7, 11) is 0. The maximum absolute atomic E-state index is 12.5. The topological polar surface area (TPSA) is 64.5 Å². The molecular formula is C13H17N3O3. The molecule has 102 valence electrons. The molecule has 1 aromatic heterocycles. The molecule has 0 aromatic carbocycles. The summed E-state index contributed by atoms with van der Waals surface area (Å²) in [5.41, 5.74) is 0.567. The van der Waals surface area contributed by atoms with Crippen LogP contribution in [0.15, 0.2) is 18.5 Å². The summed E-state index contributed by atoms with van der Waals surface area (Å²) < 4.78 is 11.2. The van der Waals surface area contributed by atoms with Crippen LogP contribution in [0.5, 0.6) is 0 Å². The Hall–Kier alpha value is -1.53. The van der Waals surface area contributed by atoms with Gasteiger partial charge in [-0.25, -0.2) is 0 Å². The van der Waals surface area contributed by atoms with Crippen molar-refractivity contribution in [2.24, 2.45) is 5.92 Å². The number of hydrogen-bond donors (Lipinski definition) is 0. The van der Waals surface area contributed by atoms with E-state index in [1.807, 2.05) is 11.8 Å². The summed E-state index contributed by atoms with van der Waals surface area (Å²) in [5.74, 6) is 0.274. The van der Waals surface area contributed by atoms with E-state index in [0.29, 0.717) is 37.8 Å². The number of nitrogens with zero attached hydrogens (tertiary/aromatic N) is 3. The fourth-order valence-corrected chi connectivity index (χ4v) is 2.91. The molecule has 3 rings (SSSR count). The zero-order valence-electron chi connectivity index (χ0n) is 10.9. The van der Waals surface area contributed by atoms with Gasteiger partial charge in [-0.1, -0.05) is 0 Å². The summed E-state index contributed by atoms with van der Waals surface area (Å²) in [5, 5.41) is 7.45. The van der Waals surface area contributed by atoms with E-state index in [1.54, 1.807) is 6.07 Å². The molecular weight excluding hydrogens is 246 g/mol. The van der Waals surface area contributed by atoms with Crippen LogP contribution >= 0.6 is 0 Å². The van der Waals surface area contributed by atoms with Crippen LogP contribution in [0.1, 0.15) is 17.3 Å². The zero-order chi connectivity index (χ0) is 13.2. The van der Waals surface area contributed by atoms with Gasteiger partial charge in [0, 0.05) is 19.1 Å². The smallest absolute Gasteiger partial charge is 0.255 e. The summed E-state index contributed by atoms with van der Waals surface area (Å²) in [6, 6.07) is 1.81. The summed E-state index contributed by atoms with van der Waals surface area (Å²) >= 11 is 0. The van der Waals surface area contributed by atoms with Crippen molar-refractivity contribution in [2.45, 2.75) is 19.1 Å². The van der Waals surface area contributed by atoms with E-state index in [9.17, 15) is 4.79 Å². The first-order chi connectivity index (χ1) is 9.31. The predicted molar refractivity (Wildman–Crippen MR) is 66.6 cm³/mol.